The van der Waals surface area contributed by atoms with Gasteiger partial charge in [0.15, 0.2) is 0 Å². The molecule has 0 saturated carbocycles. The Morgan fingerprint density at radius 3 is 2.41 bits per heavy atom. The third kappa shape index (κ3) is 3.46. The predicted octanol–water partition coefficient (Wildman–Crippen LogP) is 1.40. The van der Waals surface area contributed by atoms with Gasteiger partial charge < -0.3 is 15.8 Å². The number of hydrogen-bond donors (Lipinski definition) is 2. The molecule has 0 fully saturated rings. The predicted molar refractivity (Wildman–Crippen MR) is 67.8 cm³/mol. The molecule has 0 aliphatic rings. The molecular formula is C13H20N2O2. The third-order valence-corrected chi connectivity index (χ3v) is 2.82. The molecule has 1 aromatic carbocycles. The van der Waals surface area contributed by atoms with E-state index in [1.165, 1.54) is 0 Å². The van der Waals surface area contributed by atoms with Gasteiger partial charge in [0.25, 0.3) is 0 Å². The number of rotatable bonds is 6. The monoisotopic (exact) mass is 236 g/mol. The SMILES string of the molecule is CCNC(C)(CC(N)=O)c1ccc(OC)cc1. The summed E-state index contributed by atoms with van der Waals surface area (Å²) in [4.78, 5) is 11.1. The number of ether oxygens (including phenoxy) is 1. The highest BCUT2D eigenvalue weighted by atomic mass is 16.5. The summed E-state index contributed by atoms with van der Waals surface area (Å²) in [6, 6.07) is 7.66. The van der Waals surface area contributed by atoms with Crippen LogP contribution < -0.4 is 15.8 Å². The third-order valence-electron chi connectivity index (χ3n) is 2.82. The number of methoxy groups -OCH3 is 1. The van der Waals surface area contributed by atoms with Crippen molar-refractivity contribution in [2.45, 2.75) is 25.8 Å². The number of carbonyl (C=O) groups excluding carboxylic acids is 1. The van der Waals surface area contributed by atoms with E-state index in [1.54, 1.807) is 7.11 Å². The fraction of sp³-hybridized carbons (Fsp3) is 0.462. The van der Waals surface area contributed by atoms with Gasteiger partial charge in [-0.25, -0.2) is 0 Å². The summed E-state index contributed by atoms with van der Waals surface area (Å²) in [6.07, 6.45) is 0.271. The summed E-state index contributed by atoms with van der Waals surface area (Å²) in [5.41, 5.74) is 5.90. The minimum absolute atomic E-state index is 0.271. The lowest BCUT2D eigenvalue weighted by Crippen LogP contribution is -2.42. The van der Waals surface area contributed by atoms with Gasteiger partial charge in [-0.1, -0.05) is 19.1 Å². The zero-order chi connectivity index (χ0) is 12.9. The van der Waals surface area contributed by atoms with Crippen LogP contribution >= 0.6 is 0 Å². The Morgan fingerprint density at radius 2 is 2.00 bits per heavy atom. The van der Waals surface area contributed by atoms with Crippen LogP contribution in [-0.2, 0) is 10.3 Å². The molecule has 1 unspecified atom stereocenters. The summed E-state index contributed by atoms with van der Waals surface area (Å²) < 4.78 is 5.11. The van der Waals surface area contributed by atoms with Crippen molar-refractivity contribution in [1.82, 2.24) is 5.32 Å². The molecule has 0 heterocycles. The highest BCUT2D eigenvalue weighted by Crippen LogP contribution is 2.26. The highest BCUT2D eigenvalue weighted by molar-refractivity contribution is 5.75. The van der Waals surface area contributed by atoms with Gasteiger partial charge >= 0.3 is 0 Å². The van der Waals surface area contributed by atoms with E-state index < -0.39 is 5.54 Å². The van der Waals surface area contributed by atoms with E-state index in [-0.39, 0.29) is 12.3 Å². The second-order valence-corrected chi connectivity index (χ2v) is 4.23. The van der Waals surface area contributed by atoms with Crippen molar-refractivity contribution in [3.8, 4) is 5.75 Å². The normalized spacial score (nSPS) is 14.1. The largest absolute Gasteiger partial charge is 0.497 e. The van der Waals surface area contributed by atoms with Gasteiger partial charge in [-0.2, -0.15) is 0 Å². The van der Waals surface area contributed by atoms with Gasteiger partial charge in [-0.3, -0.25) is 4.79 Å². The number of hydrogen-bond acceptors (Lipinski definition) is 3. The first-order chi connectivity index (χ1) is 8.01. The fourth-order valence-electron chi connectivity index (χ4n) is 1.96. The summed E-state index contributed by atoms with van der Waals surface area (Å²) in [5, 5.41) is 3.30. The van der Waals surface area contributed by atoms with Crippen molar-refractivity contribution < 1.29 is 9.53 Å². The number of amides is 1. The van der Waals surface area contributed by atoms with Crippen molar-refractivity contribution in [1.29, 1.82) is 0 Å². The van der Waals surface area contributed by atoms with Crippen LogP contribution in [0.2, 0.25) is 0 Å². The Bertz CT molecular complexity index is 376. The van der Waals surface area contributed by atoms with Crippen LogP contribution in [0.3, 0.4) is 0 Å². The molecule has 1 rings (SSSR count). The van der Waals surface area contributed by atoms with E-state index in [9.17, 15) is 4.79 Å². The number of carbonyl (C=O) groups is 1. The van der Waals surface area contributed by atoms with E-state index in [4.69, 9.17) is 10.5 Å². The summed E-state index contributed by atoms with van der Waals surface area (Å²) in [7, 11) is 1.63. The summed E-state index contributed by atoms with van der Waals surface area (Å²) >= 11 is 0. The van der Waals surface area contributed by atoms with E-state index in [0.717, 1.165) is 17.9 Å². The average Bonchev–Trinajstić information content (AvgIpc) is 2.28. The molecule has 0 bridgehead atoms. The Hall–Kier alpha value is -1.55. The van der Waals surface area contributed by atoms with Crippen molar-refractivity contribution >= 4 is 5.91 Å². The second-order valence-electron chi connectivity index (χ2n) is 4.23. The fourth-order valence-corrected chi connectivity index (χ4v) is 1.96. The maximum Gasteiger partial charge on any atom is 0.219 e. The summed E-state index contributed by atoms with van der Waals surface area (Å²) in [5.74, 6) is 0.482. The molecule has 17 heavy (non-hydrogen) atoms. The first kappa shape index (κ1) is 13.5. The van der Waals surface area contributed by atoms with Crippen LogP contribution in [0.15, 0.2) is 24.3 Å². The van der Waals surface area contributed by atoms with Crippen molar-refractivity contribution in [3.63, 3.8) is 0 Å². The average molecular weight is 236 g/mol. The van der Waals surface area contributed by atoms with Crippen LogP contribution in [0.1, 0.15) is 25.8 Å². The molecule has 1 aromatic rings. The second kappa shape index (κ2) is 5.68. The van der Waals surface area contributed by atoms with Crippen molar-refractivity contribution in [2.24, 2.45) is 5.73 Å². The number of nitrogens with one attached hydrogen (secondary N) is 1. The van der Waals surface area contributed by atoms with Gasteiger partial charge in [0.1, 0.15) is 5.75 Å². The van der Waals surface area contributed by atoms with E-state index in [1.807, 2.05) is 38.1 Å². The molecule has 4 heteroatoms. The van der Waals surface area contributed by atoms with Crippen molar-refractivity contribution in [2.75, 3.05) is 13.7 Å². The van der Waals surface area contributed by atoms with Gasteiger partial charge in [-0.15, -0.1) is 0 Å². The topological polar surface area (TPSA) is 64.3 Å². The van der Waals surface area contributed by atoms with Crippen molar-refractivity contribution in [3.05, 3.63) is 29.8 Å². The minimum Gasteiger partial charge on any atom is -0.497 e. The molecular weight excluding hydrogens is 216 g/mol. The lowest BCUT2D eigenvalue weighted by molar-refractivity contribution is -0.119. The van der Waals surface area contributed by atoms with E-state index in [0.29, 0.717) is 0 Å². The maximum atomic E-state index is 11.1. The molecule has 0 saturated heterocycles. The standard InChI is InChI=1S/C13H20N2O2/c1-4-15-13(2,9-12(14)16)10-5-7-11(17-3)8-6-10/h5-8,15H,4,9H2,1-3H3,(H2,14,16). The quantitative estimate of drug-likeness (QED) is 0.784. The smallest absolute Gasteiger partial charge is 0.219 e. The van der Waals surface area contributed by atoms with E-state index in [2.05, 4.69) is 5.32 Å². The molecule has 1 amide bonds. The van der Waals surface area contributed by atoms with E-state index >= 15 is 0 Å². The lowest BCUT2D eigenvalue weighted by atomic mass is 9.88. The molecule has 0 aromatic heterocycles. The number of primary amides is 1. The molecule has 0 aliphatic carbocycles. The molecule has 0 radical (unpaired) electrons. The zero-order valence-corrected chi connectivity index (χ0v) is 10.6. The Labute approximate surface area is 102 Å². The molecule has 94 valence electrons. The number of nitrogens with two attached hydrogens (primary N) is 1. The van der Waals surface area contributed by atoms with Crippen LogP contribution in [-0.4, -0.2) is 19.6 Å². The Morgan fingerprint density at radius 1 is 1.41 bits per heavy atom. The van der Waals surface area contributed by atoms with Gasteiger partial charge in [0.2, 0.25) is 5.91 Å². The Kier molecular flexibility index (Phi) is 4.52. The minimum atomic E-state index is -0.424. The first-order valence-corrected chi connectivity index (χ1v) is 5.69. The van der Waals surface area contributed by atoms with Gasteiger partial charge in [-0.05, 0) is 31.2 Å². The number of benzene rings is 1. The maximum absolute atomic E-state index is 11.1. The molecule has 3 N–H and O–H groups in total. The molecule has 4 nitrogen and oxygen atoms in total. The van der Waals surface area contributed by atoms with Gasteiger partial charge in [0, 0.05) is 12.0 Å². The molecule has 1 atom stereocenters. The molecule has 0 spiro atoms. The van der Waals surface area contributed by atoms with Crippen LogP contribution in [0.25, 0.3) is 0 Å². The zero-order valence-electron chi connectivity index (χ0n) is 10.6. The summed E-state index contributed by atoms with van der Waals surface area (Å²) in [6.45, 7) is 4.75. The lowest BCUT2D eigenvalue weighted by Gasteiger charge is -2.30. The molecule has 0 aliphatic heterocycles. The van der Waals surface area contributed by atoms with Crippen LogP contribution in [0.5, 0.6) is 5.75 Å². The highest BCUT2D eigenvalue weighted by Gasteiger charge is 2.27. The van der Waals surface area contributed by atoms with Gasteiger partial charge in [0.05, 0.1) is 7.11 Å². The van der Waals surface area contributed by atoms with Crippen LogP contribution in [0, 0.1) is 0 Å². The van der Waals surface area contributed by atoms with Crippen LogP contribution in [0.4, 0.5) is 0 Å². The first-order valence-electron chi connectivity index (χ1n) is 5.69. The Balaban J connectivity index is 2.99.